The van der Waals surface area contributed by atoms with E-state index in [1.54, 1.807) is 53.4 Å². The third-order valence-electron chi connectivity index (χ3n) is 9.26. The van der Waals surface area contributed by atoms with Gasteiger partial charge >= 0.3 is 0 Å². The van der Waals surface area contributed by atoms with Crippen LogP contribution in [0.2, 0.25) is 0 Å². The van der Waals surface area contributed by atoms with Crippen molar-refractivity contribution < 1.29 is 28.7 Å². The molecule has 4 amide bonds. The molecule has 0 fully saturated rings. The van der Waals surface area contributed by atoms with E-state index in [1.807, 2.05) is 18.4 Å². The molecule has 1 atom stereocenters. The van der Waals surface area contributed by atoms with Crippen molar-refractivity contribution >= 4 is 63.3 Å². The van der Waals surface area contributed by atoms with E-state index >= 15 is 0 Å². The highest BCUT2D eigenvalue weighted by Crippen LogP contribution is 2.39. The molecule has 0 unspecified atom stereocenters. The molecule has 19 heteroatoms. The molecule has 0 radical (unpaired) electrons. The first-order valence-electron chi connectivity index (χ1n) is 18.6. The minimum absolute atomic E-state index is 0.113. The van der Waals surface area contributed by atoms with Crippen molar-refractivity contribution in [3.05, 3.63) is 64.6 Å². The fraction of sp³-hybridized carbons (Fsp3) is 0.368. The summed E-state index contributed by atoms with van der Waals surface area (Å²) in [5.74, 6) is -1.08. The van der Waals surface area contributed by atoms with Crippen LogP contribution < -0.4 is 43.0 Å². The number of benzene rings is 2. The predicted molar refractivity (Wildman–Crippen MR) is 215 cm³/mol. The molecule has 0 spiro atoms. The van der Waals surface area contributed by atoms with Crippen LogP contribution in [0.1, 0.15) is 83.0 Å². The van der Waals surface area contributed by atoms with Gasteiger partial charge in [0.1, 0.15) is 40.5 Å². The zero-order valence-electron chi connectivity index (χ0n) is 32.3. The number of aliphatic imine (C=N–C) groups is 1. The molecule has 0 bridgehead atoms. The Hall–Kier alpha value is -6.76. The molecular formula is C38H47N13O6. The van der Waals surface area contributed by atoms with E-state index in [2.05, 4.69) is 20.7 Å². The lowest BCUT2D eigenvalue weighted by atomic mass is 10.1. The van der Waals surface area contributed by atoms with E-state index in [4.69, 9.17) is 42.4 Å². The number of aryl methyl sites for hydroxylation is 3. The van der Waals surface area contributed by atoms with Crippen LogP contribution in [-0.2, 0) is 17.9 Å². The summed E-state index contributed by atoms with van der Waals surface area (Å²) in [6.45, 7) is 9.11. The number of imidazole rings is 2. The van der Waals surface area contributed by atoms with Crippen LogP contribution in [0, 0.1) is 6.92 Å². The second-order valence-corrected chi connectivity index (χ2v) is 13.5. The van der Waals surface area contributed by atoms with Gasteiger partial charge < -0.3 is 41.5 Å². The molecule has 0 aliphatic carbocycles. The first kappa shape index (κ1) is 39.9. The minimum Gasteiger partial charge on any atom is -0.491 e. The molecule has 19 nitrogen and oxygen atoms in total. The Morgan fingerprint density at radius 2 is 1.67 bits per heavy atom. The normalized spacial score (nSPS) is 14.2. The molecule has 3 aromatic heterocycles. The standard InChI is InChI=1S/C38H47N13O6/c1-5-43-27(13-20(3)40)35(54)46-37-44-25-15-22(33(41)52)17-29(56-12-8-10-39)31(25)49(37)11-7-9-24-19-57-30-18-23(34(42)53)16-26-32(30)51(24)38(45-26)47-36(55)28-14-21(4)48-50(28)6-2/h13-18,24H,5-12,19,39-40H2,1-4H3,(H2,41,52)(H2,42,53)(H,44,46,54)(H,45,47,55)/t24-/m0/s1. The molecular weight excluding hydrogens is 735 g/mol. The topological polar surface area (TPSA) is 281 Å². The van der Waals surface area contributed by atoms with Crippen molar-refractivity contribution in [3.8, 4) is 11.5 Å². The number of fused-ring (bicyclic) bond motifs is 1. The lowest BCUT2D eigenvalue weighted by Gasteiger charge is -2.27. The van der Waals surface area contributed by atoms with E-state index in [9.17, 15) is 19.2 Å². The maximum absolute atomic E-state index is 13.7. The Morgan fingerprint density at radius 1 is 0.965 bits per heavy atom. The zero-order valence-corrected chi connectivity index (χ0v) is 32.3. The third-order valence-corrected chi connectivity index (χ3v) is 9.26. The zero-order chi connectivity index (χ0) is 41.0. The molecule has 2 aromatic carbocycles. The second kappa shape index (κ2) is 16.9. The quantitative estimate of drug-likeness (QED) is 0.0589. The van der Waals surface area contributed by atoms with Gasteiger partial charge in [-0.25, -0.2) is 9.97 Å². The lowest BCUT2D eigenvalue weighted by molar-refractivity contribution is -0.110. The summed E-state index contributed by atoms with van der Waals surface area (Å²) in [5.41, 5.74) is 26.8. The van der Waals surface area contributed by atoms with Gasteiger partial charge in [-0.1, -0.05) is 0 Å². The van der Waals surface area contributed by atoms with Gasteiger partial charge in [0.25, 0.3) is 11.8 Å². The number of allylic oxidation sites excluding steroid dienone is 1. The lowest BCUT2D eigenvalue weighted by Crippen LogP contribution is -2.27. The average Bonchev–Trinajstić information content (AvgIpc) is 3.85. The Labute approximate surface area is 327 Å². The van der Waals surface area contributed by atoms with Crippen molar-refractivity contribution in [3.63, 3.8) is 0 Å². The number of aromatic nitrogens is 6. The van der Waals surface area contributed by atoms with Gasteiger partial charge in [-0.3, -0.25) is 39.5 Å². The van der Waals surface area contributed by atoms with E-state index < -0.39 is 23.6 Å². The molecule has 6 rings (SSSR count). The maximum atomic E-state index is 13.7. The number of amides is 4. The molecule has 57 heavy (non-hydrogen) atoms. The molecule has 1 aliphatic rings. The van der Waals surface area contributed by atoms with Crippen LogP contribution in [0.3, 0.4) is 0 Å². The molecule has 10 N–H and O–H groups in total. The molecule has 4 heterocycles. The summed E-state index contributed by atoms with van der Waals surface area (Å²) in [6.07, 6.45) is 3.00. The van der Waals surface area contributed by atoms with Crippen molar-refractivity contribution in [2.45, 2.75) is 66.1 Å². The van der Waals surface area contributed by atoms with Crippen LogP contribution in [0.15, 0.2) is 47.1 Å². The largest absolute Gasteiger partial charge is 0.491 e. The average molecular weight is 782 g/mol. The summed E-state index contributed by atoms with van der Waals surface area (Å²) in [4.78, 5) is 65.5. The van der Waals surface area contributed by atoms with E-state index in [-0.39, 0.29) is 48.0 Å². The third kappa shape index (κ3) is 8.42. The minimum atomic E-state index is -0.675. The highest BCUT2D eigenvalue weighted by Gasteiger charge is 2.30. The predicted octanol–water partition coefficient (Wildman–Crippen LogP) is 2.76. The van der Waals surface area contributed by atoms with E-state index in [1.165, 1.54) is 6.08 Å². The highest BCUT2D eigenvalue weighted by atomic mass is 16.5. The van der Waals surface area contributed by atoms with E-state index in [0.29, 0.717) is 96.1 Å². The smallest absolute Gasteiger partial charge is 0.276 e. The molecule has 0 saturated heterocycles. The van der Waals surface area contributed by atoms with Gasteiger partial charge in [-0.15, -0.1) is 0 Å². The second-order valence-electron chi connectivity index (χ2n) is 13.5. The fourth-order valence-corrected chi connectivity index (χ4v) is 6.78. The SMILES string of the molecule is CCN=C(C=C(C)N)C(=O)Nc1nc2cc(C(N)=O)cc(OCCCN)c2n1CCC[C@H]1COc2cc(C(N)=O)cc3nc(NC(=O)c4cc(C)nn4CC)n1c23. The van der Waals surface area contributed by atoms with Crippen LogP contribution >= 0.6 is 0 Å². The van der Waals surface area contributed by atoms with Crippen molar-refractivity contribution in [1.82, 2.24) is 28.9 Å². The number of nitrogens with two attached hydrogens (primary N) is 4. The number of hydrogen-bond acceptors (Lipinski definition) is 12. The number of hydrogen-bond donors (Lipinski definition) is 6. The Kier molecular flexibility index (Phi) is 11.9. The van der Waals surface area contributed by atoms with Crippen LogP contribution in [0.5, 0.6) is 11.5 Å². The van der Waals surface area contributed by atoms with Crippen molar-refractivity contribution in [1.29, 1.82) is 0 Å². The fourth-order valence-electron chi connectivity index (χ4n) is 6.78. The molecule has 5 aromatic rings. The number of carbonyl (C=O) groups is 4. The number of carbonyl (C=O) groups excluding carboxylic acids is 4. The monoisotopic (exact) mass is 781 g/mol. The van der Waals surface area contributed by atoms with Crippen molar-refractivity contribution in [2.24, 2.45) is 27.9 Å². The summed E-state index contributed by atoms with van der Waals surface area (Å²) >= 11 is 0. The number of nitrogens with one attached hydrogen (secondary N) is 2. The van der Waals surface area contributed by atoms with Crippen LogP contribution in [-0.4, -0.2) is 84.5 Å². The van der Waals surface area contributed by atoms with Gasteiger partial charge in [-0.05, 0) is 89.9 Å². The van der Waals surface area contributed by atoms with Crippen LogP contribution in [0.25, 0.3) is 22.1 Å². The van der Waals surface area contributed by atoms with E-state index in [0.717, 1.165) is 0 Å². The summed E-state index contributed by atoms with van der Waals surface area (Å²) < 4.78 is 17.6. The first-order valence-corrected chi connectivity index (χ1v) is 18.6. The van der Waals surface area contributed by atoms with Crippen molar-refractivity contribution in [2.75, 3.05) is 36.9 Å². The van der Waals surface area contributed by atoms with Gasteiger partial charge in [-0.2, -0.15) is 5.10 Å². The Balaban J connectivity index is 1.38. The summed E-state index contributed by atoms with van der Waals surface area (Å²) in [6, 6.07) is 7.58. The Bertz CT molecular complexity index is 2440. The summed E-state index contributed by atoms with van der Waals surface area (Å²) in [7, 11) is 0. The number of anilines is 2. The van der Waals surface area contributed by atoms with Gasteiger partial charge in [0.05, 0.1) is 29.4 Å². The number of primary amides is 2. The number of rotatable bonds is 17. The van der Waals surface area contributed by atoms with Gasteiger partial charge in [0, 0.05) is 36.5 Å². The molecule has 0 saturated carbocycles. The van der Waals surface area contributed by atoms with Gasteiger partial charge in [0.2, 0.25) is 23.7 Å². The van der Waals surface area contributed by atoms with Crippen LogP contribution in [0.4, 0.5) is 11.9 Å². The summed E-state index contributed by atoms with van der Waals surface area (Å²) in [5, 5.41) is 10.2. The number of nitrogens with zero attached hydrogens (tertiary/aromatic N) is 7. The highest BCUT2D eigenvalue weighted by molar-refractivity contribution is 6.47. The molecule has 1 aliphatic heterocycles. The molecule has 300 valence electrons. The van der Waals surface area contributed by atoms with Gasteiger partial charge in [0.15, 0.2) is 0 Å². The maximum Gasteiger partial charge on any atom is 0.276 e. The Morgan fingerprint density at radius 3 is 2.33 bits per heavy atom. The first-order chi connectivity index (χ1) is 27.3. The number of ether oxygens (including phenoxy) is 2.